The van der Waals surface area contributed by atoms with Crippen LogP contribution in [0.4, 0.5) is 4.39 Å². The molecule has 1 N–H and O–H groups in total. The maximum absolute atomic E-state index is 13.2. The van der Waals surface area contributed by atoms with Gasteiger partial charge in [-0.25, -0.2) is 4.39 Å². The van der Waals surface area contributed by atoms with Gasteiger partial charge in [0.1, 0.15) is 5.82 Å². The Balaban J connectivity index is 1.66. The van der Waals surface area contributed by atoms with Gasteiger partial charge < -0.3 is 5.32 Å². The number of carbonyl (C=O) groups excluding carboxylic acids is 1. The number of aromatic nitrogens is 3. The van der Waals surface area contributed by atoms with Gasteiger partial charge in [0.2, 0.25) is 5.91 Å². The summed E-state index contributed by atoms with van der Waals surface area (Å²) < 4.78 is 15.1. The number of amides is 1. The highest BCUT2D eigenvalue weighted by molar-refractivity contribution is 7.99. The number of nitrogens with one attached hydrogen (secondary N) is 1. The summed E-state index contributed by atoms with van der Waals surface area (Å²) >= 11 is 1.36. The van der Waals surface area contributed by atoms with Gasteiger partial charge in [-0.3, -0.25) is 9.36 Å². The second kappa shape index (κ2) is 9.17. The summed E-state index contributed by atoms with van der Waals surface area (Å²) in [4.78, 5) is 12.4. The summed E-state index contributed by atoms with van der Waals surface area (Å²) in [6.07, 6.45) is 6.41. The van der Waals surface area contributed by atoms with E-state index in [1.165, 1.54) is 43.2 Å². The SMILES string of the molecule is C=CCn1c(SCC(=O)N[C@H]2CCCC[C@@H]2C)nnc1-c1ccc(F)cc1. The van der Waals surface area contributed by atoms with E-state index in [9.17, 15) is 9.18 Å². The van der Waals surface area contributed by atoms with Gasteiger partial charge in [-0.05, 0) is 43.0 Å². The Bertz CT molecular complexity index is 790. The van der Waals surface area contributed by atoms with Crippen molar-refractivity contribution in [1.82, 2.24) is 20.1 Å². The lowest BCUT2D eigenvalue weighted by atomic mass is 9.86. The molecule has 1 saturated carbocycles. The molecule has 2 atom stereocenters. The molecule has 0 radical (unpaired) electrons. The minimum absolute atomic E-state index is 0.0234. The van der Waals surface area contributed by atoms with Crippen LogP contribution in [0.1, 0.15) is 32.6 Å². The van der Waals surface area contributed by atoms with Crippen molar-refractivity contribution in [3.8, 4) is 11.4 Å². The number of hydrogen-bond acceptors (Lipinski definition) is 4. The maximum Gasteiger partial charge on any atom is 0.230 e. The molecule has 1 aliphatic rings. The standard InChI is InChI=1S/C20H25FN4OS/c1-3-12-25-19(15-8-10-16(21)11-9-15)23-24-20(25)27-13-18(26)22-17-7-5-4-6-14(17)2/h3,8-11,14,17H,1,4-7,12-13H2,2H3,(H,22,26)/t14-,17-/m0/s1. The van der Waals surface area contributed by atoms with Gasteiger partial charge in [0.15, 0.2) is 11.0 Å². The lowest BCUT2D eigenvalue weighted by molar-refractivity contribution is -0.119. The Hall–Kier alpha value is -2.15. The topological polar surface area (TPSA) is 59.8 Å². The maximum atomic E-state index is 13.2. The number of carbonyl (C=O) groups is 1. The summed E-state index contributed by atoms with van der Waals surface area (Å²) in [6, 6.07) is 6.41. The number of nitrogens with zero attached hydrogens (tertiary/aromatic N) is 3. The molecule has 3 rings (SSSR count). The molecular formula is C20H25FN4OS. The predicted molar refractivity (Wildman–Crippen MR) is 106 cm³/mol. The van der Waals surface area contributed by atoms with Crippen LogP contribution in [-0.4, -0.2) is 32.5 Å². The largest absolute Gasteiger partial charge is 0.352 e. The van der Waals surface area contributed by atoms with Crippen molar-refractivity contribution >= 4 is 17.7 Å². The minimum Gasteiger partial charge on any atom is -0.352 e. The lowest BCUT2D eigenvalue weighted by Gasteiger charge is -2.29. The second-order valence-corrected chi connectivity index (χ2v) is 7.88. The van der Waals surface area contributed by atoms with Crippen LogP contribution in [0.25, 0.3) is 11.4 Å². The number of benzene rings is 1. The van der Waals surface area contributed by atoms with Gasteiger partial charge in [-0.2, -0.15) is 0 Å². The molecular weight excluding hydrogens is 363 g/mol. The molecule has 27 heavy (non-hydrogen) atoms. The van der Waals surface area contributed by atoms with E-state index in [1.54, 1.807) is 18.2 Å². The zero-order valence-electron chi connectivity index (χ0n) is 15.5. The van der Waals surface area contributed by atoms with Crippen LogP contribution in [-0.2, 0) is 11.3 Å². The highest BCUT2D eigenvalue weighted by atomic mass is 32.2. The molecule has 1 aromatic heterocycles. The van der Waals surface area contributed by atoms with Crippen LogP contribution in [0.2, 0.25) is 0 Å². The van der Waals surface area contributed by atoms with E-state index in [2.05, 4.69) is 29.0 Å². The van der Waals surface area contributed by atoms with Gasteiger partial charge in [-0.15, -0.1) is 16.8 Å². The number of halogens is 1. The van der Waals surface area contributed by atoms with Crippen LogP contribution < -0.4 is 5.32 Å². The molecule has 0 spiro atoms. The van der Waals surface area contributed by atoms with Gasteiger partial charge >= 0.3 is 0 Å². The first kappa shape index (κ1) is 19.6. The van der Waals surface area contributed by atoms with E-state index in [-0.39, 0.29) is 17.8 Å². The molecule has 5 nitrogen and oxygen atoms in total. The molecule has 0 unspecified atom stereocenters. The second-order valence-electron chi connectivity index (χ2n) is 6.94. The first-order valence-corrected chi connectivity index (χ1v) is 10.3. The minimum atomic E-state index is -0.295. The fourth-order valence-electron chi connectivity index (χ4n) is 3.41. The van der Waals surface area contributed by atoms with Crippen LogP contribution >= 0.6 is 11.8 Å². The quantitative estimate of drug-likeness (QED) is 0.574. The van der Waals surface area contributed by atoms with Crippen LogP contribution in [0.15, 0.2) is 42.1 Å². The summed E-state index contributed by atoms with van der Waals surface area (Å²) in [5.41, 5.74) is 0.776. The Morgan fingerprint density at radius 2 is 2.07 bits per heavy atom. The van der Waals surface area contributed by atoms with Gasteiger partial charge in [-0.1, -0.05) is 37.6 Å². The van der Waals surface area contributed by atoms with Gasteiger partial charge in [0.05, 0.1) is 5.75 Å². The monoisotopic (exact) mass is 388 g/mol. The number of rotatable bonds is 7. The average Bonchev–Trinajstić information content (AvgIpc) is 3.06. The third kappa shape index (κ3) is 4.97. The molecule has 1 aromatic carbocycles. The molecule has 144 valence electrons. The van der Waals surface area contributed by atoms with Gasteiger partial charge in [0, 0.05) is 18.2 Å². The van der Waals surface area contributed by atoms with Crippen molar-refractivity contribution in [2.24, 2.45) is 5.92 Å². The fourth-order valence-corrected chi connectivity index (χ4v) is 4.17. The predicted octanol–water partition coefficient (Wildman–Crippen LogP) is 4.06. The van der Waals surface area contributed by atoms with E-state index in [4.69, 9.17) is 0 Å². The normalized spacial score (nSPS) is 19.6. The van der Waals surface area contributed by atoms with Crippen LogP contribution in [0.3, 0.4) is 0 Å². The Morgan fingerprint density at radius 3 is 2.78 bits per heavy atom. The third-order valence-corrected chi connectivity index (χ3v) is 5.89. The first-order chi connectivity index (χ1) is 13.1. The van der Waals surface area contributed by atoms with E-state index in [0.717, 1.165) is 12.0 Å². The van der Waals surface area contributed by atoms with E-state index < -0.39 is 0 Å². The Labute approximate surface area is 163 Å². The molecule has 2 aromatic rings. The number of thioether (sulfide) groups is 1. The third-order valence-electron chi connectivity index (χ3n) is 4.92. The Morgan fingerprint density at radius 1 is 1.33 bits per heavy atom. The van der Waals surface area contributed by atoms with E-state index >= 15 is 0 Å². The summed E-state index contributed by atoms with van der Waals surface area (Å²) in [7, 11) is 0. The highest BCUT2D eigenvalue weighted by Gasteiger charge is 2.23. The van der Waals surface area contributed by atoms with Crippen molar-refractivity contribution < 1.29 is 9.18 Å². The zero-order chi connectivity index (χ0) is 19.2. The van der Waals surface area contributed by atoms with Crippen LogP contribution in [0.5, 0.6) is 0 Å². The average molecular weight is 389 g/mol. The summed E-state index contributed by atoms with van der Waals surface area (Å²) in [5.74, 6) is 1.19. The molecule has 0 saturated heterocycles. The first-order valence-electron chi connectivity index (χ1n) is 9.30. The van der Waals surface area contributed by atoms with Crippen molar-refractivity contribution in [2.75, 3.05) is 5.75 Å². The lowest BCUT2D eigenvalue weighted by Crippen LogP contribution is -2.41. The Kier molecular flexibility index (Phi) is 6.66. The molecule has 1 fully saturated rings. The van der Waals surface area contributed by atoms with Crippen molar-refractivity contribution in [3.05, 3.63) is 42.7 Å². The molecule has 0 aliphatic heterocycles. The summed E-state index contributed by atoms with van der Waals surface area (Å²) in [6.45, 7) is 6.50. The van der Waals surface area contributed by atoms with Gasteiger partial charge in [0.25, 0.3) is 0 Å². The zero-order valence-corrected chi connectivity index (χ0v) is 16.3. The van der Waals surface area contributed by atoms with E-state index in [0.29, 0.717) is 29.2 Å². The van der Waals surface area contributed by atoms with Crippen molar-refractivity contribution in [3.63, 3.8) is 0 Å². The van der Waals surface area contributed by atoms with E-state index in [1.807, 2.05) is 4.57 Å². The molecule has 1 heterocycles. The molecule has 1 aliphatic carbocycles. The summed E-state index contributed by atoms with van der Waals surface area (Å²) in [5, 5.41) is 12.3. The van der Waals surface area contributed by atoms with Crippen molar-refractivity contribution in [2.45, 2.75) is 50.4 Å². The molecule has 1 amide bonds. The fraction of sp³-hybridized carbons (Fsp3) is 0.450. The smallest absolute Gasteiger partial charge is 0.230 e. The van der Waals surface area contributed by atoms with Crippen LogP contribution in [0, 0.1) is 11.7 Å². The molecule has 0 bridgehead atoms. The van der Waals surface area contributed by atoms with Crippen molar-refractivity contribution in [1.29, 1.82) is 0 Å². The highest BCUT2D eigenvalue weighted by Crippen LogP contribution is 2.26. The number of allylic oxidation sites excluding steroid dienone is 1. The number of hydrogen-bond donors (Lipinski definition) is 1. The molecule has 7 heteroatoms.